The minimum atomic E-state index is -0.808. The zero-order chi connectivity index (χ0) is 28.6. The van der Waals surface area contributed by atoms with Crippen LogP contribution in [0.3, 0.4) is 0 Å². The molecule has 5 rings (SSSR count). The van der Waals surface area contributed by atoms with Crippen molar-refractivity contribution >= 4 is 39.9 Å². The smallest absolute Gasteiger partial charge is 0.310 e. The molecule has 206 valence electrons. The molecule has 1 fully saturated rings. The van der Waals surface area contributed by atoms with E-state index in [1.54, 1.807) is 14.0 Å². The molecule has 7 heteroatoms. The first-order chi connectivity index (χ1) is 19.3. The molecule has 1 atom stereocenters. The average Bonchev–Trinajstić information content (AvgIpc) is 3.24. The summed E-state index contributed by atoms with van der Waals surface area (Å²) in [6, 6.07) is 30.1. The van der Waals surface area contributed by atoms with Crippen LogP contribution < -0.4 is 14.8 Å². The molecule has 0 saturated carbocycles. The standard InChI is InChI=1S/C19H20N2O2.C14H14O3/c1-2-3-14-17-18(22)20(15-10-6-4-7-11-15)21(19(17)23)16-12-8-5-9-13-16;1-9(14(15)16)10-3-4-12-8-13(17-2)6-5-11(12)7-10/h4-13,17H,2-3,14H2,1H3;3-9H,1-2H3,(H,15,16)/t;9-/m.0/s1. The minimum Gasteiger partial charge on any atom is -0.497 e. The number of amides is 2. The second-order valence-electron chi connectivity index (χ2n) is 9.70. The molecule has 7 nitrogen and oxygen atoms in total. The third-order valence-corrected chi connectivity index (χ3v) is 7.00. The van der Waals surface area contributed by atoms with Crippen LogP contribution in [-0.2, 0) is 14.4 Å². The second kappa shape index (κ2) is 12.9. The topological polar surface area (TPSA) is 87.2 Å². The molecule has 0 spiro atoms. The maximum absolute atomic E-state index is 12.9. The Labute approximate surface area is 234 Å². The zero-order valence-corrected chi connectivity index (χ0v) is 23.0. The van der Waals surface area contributed by atoms with Gasteiger partial charge in [-0.25, -0.2) is 10.0 Å². The highest BCUT2D eigenvalue weighted by Crippen LogP contribution is 2.33. The van der Waals surface area contributed by atoms with E-state index in [1.165, 1.54) is 10.0 Å². The number of carbonyl (C=O) groups is 3. The number of carboxylic acid groups (broad SMARTS) is 1. The Morgan fingerprint density at radius 2 is 1.35 bits per heavy atom. The Balaban J connectivity index is 0.000000194. The molecule has 0 aliphatic carbocycles. The number of benzene rings is 4. The summed E-state index contributed by atoms with van der Waals surface area (Å²) in [5, 5.41) is 14.1. The summed E-state index contributed by atoms with van der Waals surface area (Å²) in [6.45, 7) is 3.75. The lowest BCUT2D eigenvalue weighted by molar-refractivity contribution is -0.138. The molecule has 0 unspecified atom stereocenters. The third-order valence-electron chi connectivity index (χ3n) is 7.00. The molecule has 2 amide bonds. The van der Waals surface area contributed by atoms with E-state index in [1.807, 2.05) is 97.1 Å². The van der Waals surface area contributed by atoms with Crippen LogP contribution in [0.25, 0.3) is 10.8 Å². The van der Waals surface area contributed by atoms with Crippen molar-refractivity contribution in [3.05, 3.63) is 103 Å². The number of hydrazine groups is 1. The van der Waals surface area contributed by atoms with E-state index in [0.717, 1.165) is 34.9 Å². The normalized spacial score (nSPS) is 14.2. The molecule has 0 bridgehead atoms. The van der Waals surface area contributed by atoms with E-state index in [9.17, 15) is 14.4 Å². The Hall–Kier alpha value is -4.65. The number of carbonyl (C=O) groups excluding carboxylic acids is 2. The Kier molecular flexibility index (Phi) is 9.17. The molecule has 1 saturated heterocycles. The number of rotatable bonds is 8. The summed E-state index contributed by atoms with van der Waals surface area (Å²) in [4.78, 5) is 36.7. The second-order valence-corrected chi connectivity index (χ2v) is 9.70. The Morgan fingerprint density at radius 3 is 1.85 bits per heavy atom. The first-order valence-corrected chi connectivity index (χ1v) is 13.4. The number of nitrogens with zero attached hydrogens (tertiary/aromatic N) is 2. The molecule has 0 aromatic heterocycles. The first-order valence-electron chi connectivity index (χ1n) is 13.4. The fourth-order valence-corrected chi connectivity index (χ4v) is 4.66. The van der Waals surface area contributed by atoms with Crippen LogP contribution in [0, 0.1) is 5.92 Å². The van der Waals surface area contributed by atoms with Crippen molar-refractivity contribution in [2.75, 3.05) is 17.1 Å². The van der Waals surface area contributed by atoms with Crippen LogP contribution in [0.5, 0.6) is 5.75 Å². The number of para-hydroxylation sites is 2. The number of unbranched alkanes of at least 4 members (excludes halogenated alkanes) is 1. The van der Waals surface area contributed by atoms with Crippen LogP contribution >= 0.6 is 0 Å². The van der Waals surface area contributed by atoms with Crippen molar-refractivity contribution in [2.24, 2.45) is 5.92 Å². The summed E-state index contributed by atoms with van der Waals surface area (Å²) in [7, 11) is 1.63. The van der Waals surface area contributed by atoms with Crippen molar-refractivity contribution in [3.63, 3.8) is 0 Å². The number of anilines is 2. The summed E-state index contributed by atoms with van der Waals surface area (Å²) >= 11 is 0. The molecule has 1 heterocycles. The lowest BCUT2D eigenvalue weighted by atomic mass is 9.98. The van der Waals surface area contributed by atoms with Gasteiger partial charge in [-0.3, -0.25) is 14.4 Å². The van der Waals surface area contributed by atoms with E-state index in [4.69, 9.17) is 9.84 Å². The number of ether oxygens (including phenoxy) is 1. The van der Waals surface area contributed by atoms with Crippen LogP contribution in [0.1, 0.15) is 44.6 Å². The number of methoxy groups -OCH3 is 1. The summed E-state index contributed by atoms with van der Waals surface area (Å²) in [5.41, 5.74) is 2.25. The van der Waals surface area contributed by atoms with Gasteiger partial charge in [-0.05, 0) is 66.1 Å². The Bertz CT molecular complexity index is 1410. The molecule has 0 radical (unpaired) electrons. The molecular weight excluding hydrogens is 504 g/mol. The average molecular weight is 539 g/mol. The van der Waals surface area contributed by atoms with Crippen LogP contribution in [-0.4, -0.2) is 30.0 Å². The number of hydrogen-bond donors (Lipinski definition) is 1. The molecule has 1 N–H and O–H groups in total. The lowest BCUT2D eigenvalue weighted by Gasteiger charge is -2.27. The molecule has 1 aliphatic heterocycles. The molecule has 4 aromatic rings. The van der Waals surface area contributed by atoms with Gasteiger partial charge in [0.2, 0.25) is 0 Å². The molecular formula is C33H34N2O5. The predicted octanol–water partition coefficient (Wildman–Crippen LogP) is 6.82. The van der Waals surface area contributed by atoms with Crippen LogP contribution in [0.15, 0.2) is 97.1 Å². The molecule has 4 aromatic carbocycles. The highest BCUT2D eigenvalue weighted by molar-refractivity contribution is 6.23. The lowest BCUT2D eigenvalue weighted by Crippen LogP contribution is -2.41. The highest BCUT2D eigenvalue weighted by Gasteiger charge is 2.46. The van der Waals surface area contributed by atoms with Crippen molar-refractivity contribution < 1.29 is 24.2 Å². The van der Waals surface area contributed by atoms with Gasteiger partial charge in [0, 0.05) is 0 Å². The number of carboxylic acids is 1. The van der Waals surface area contributed by atoms with E-state index in [0.29, 0.717) is 17.8 Å². The van der Waals surface area contributed by atoms with E-state index < -0.39 is 17.8 Å². The van der Waals surface area contributed by atoms with Crippen molar-refractivity contribution in [2.45, 2.75) is 39.0 Å². The Morgan fingerprint density at radius 1 is 0.825 bits per heavy atom. The van der Waals surface area contributed by atoms with Gasteiger partial charge in [0.25, 0.3) is 11.8 Å². The van der Waals surface area contributed by atoms with Crippen molar-refractivity contribution in [3.8, 4) is 5.75 Å². The van der Waals surface area contributed by atoms with Gasteiger partial charge in [0.1, 0.15) is 11.7 Å². The largest absolute Gasteiger partial charge is 0.497 e. The quantitative estimate of drug-likeness (QED) is 0.249. The highest BCUT2D eigenvalue weighted by atomic mass is 16.5. The van der Waals surface area contributed by atoms with Gasteiger partial charge < -0.3 is 9.84 Å². The van der Waals surface area contributed by atoms with Gasteiger partial charge in [0.15, 0.2) is 0 Å². The molecule has 1 aliphatic rings. The minimum absolute atomic E-state index is 0.140. The first kappa shape index (κ1) is 28.4. The van der Waals surface area contributed by atoms with Gasteiger partial charge in [0.05, 0.1) is 24.4 Å². The van der Waals surface area contributed by atoms with E-state index >= 15 is 0 Å². The summed E-state index contributed by atoms with van der Waals surface area (Å²) in [5.74, 6) is -1.36. The summed E-state index contributed by atoms with van der Waals surface area (Å²) in [6.07, 6.45) is 2.43. The van der Waals surface area contributed by atoms with Gasteiger partial charge in [-0.1, -0.05) is 80.4 Å². The van der Waals surface area contributed by atoms with E-state index in [2.05, 4.69) is 6.92 Å². The fraction of sp³-hybridized carbons (Fsp3) is 0.242. The van der Waals surface area contributed by atoms with Crippen molar-refractivity contribution in [1.82, 2.24) is 0 Å². The predicted molar refractivity (Wildman–Crippen MR) is 157 cm³/mol. The zero-order valence-electron chi connectivity index (χ0n) is 23.0. The number of aliphatic carboxylic acids is 1. The SMILES string of the molecule is CCCCC1C(=O)N(c2ccccc2)N(c2ccccc2)C1=O.COc1ccc2cc([C@H](C)C(=O)O)ccc2c1. The van der Waals surface area contributed by atoms with Crippen LogP contribution in [0.2, 0.25) is 0 Å². The monoisotopic (exact) mass is 538 g/mol. The fourth-order valence-electron chi connectivity index (χ4n) is 4.66. The van der Waals surface area contributed by atoms with Crippen LogP contribution in [0.4, 0.5) is 11.4 Å². The van der Waals surface area contributed by atoms with Gasteiger partial charge in [-0.2, -0.15) is 0 Å². The van der Waals surface area contributed by atoms with Gasteiger partial charge >= 0.3 is 5.97 Å². The van der Waals surface area contributed by atoms with Gasteiger partial charge in [-0.15, -0.1) is 0 Å². The number of hydrogen-bond acceptors (Lipinski definition) is 4. The summed E-state index contributed by atoms with van der Waals surface area (Å²) < 4.78 is 5.14. The van der Waals surface area contributed by atoms with Crippen molar-refractivity contribution in [1.29, 1.82) is 0 Å². The molecule has 40 heavy (non-hydrogen) atoms. The maximum Gasteiger partial charge on any atom is 0.310 e. The third kappa shape index (κ3) is 6.15. The maximum atomic E-state index is 12.9. The number of fused-ring (bicyclic) bond motifs is 1. The van der Waals surface area contributed by atoms with E-state index in [-0.39, 0.29) is 11.8 Å².